The molecule has 31 heavy (non-hydrogen) atoms. The molecule has 1 unspecified atom stereocenters. The smallest absolute Gasteiger partial charge is 0.243 e. The largest absolute Gasteiger partial charge is 0.354 e. The second kappa shape index (κ2) is 9.94. The second-order valence-corrected chi connectivity index (χ2v) is 10.3. The van der Waals surface area contributed by atoms with Gasteiger partial charge in [-0.05, 0) is 56.5 Å². The first-order chi connectivity index (χ1) is 15.1. The van der Waals surface area contributed by atoms with E-state index < -0.39 is 10.0 Å². The van der Waals surface area contributed by atoms with Gasteiger partial charge in [0.15, 0.2) is 0 Å². The maximum Gasteiger partial charge on any atom is 0.243 e. The van der Waals surface area contributed by atoms with Crippen molar-refractivity contribution in [2.45, 2.75) is 36.6 Å². The van der Waals surface area contributed by atoms with E-state index in [0.29, 0.717) is 37.4 Å². The number of sulfonamides is 1. The summed E-state index contributed by atoms with van der Waals surface area (Å²) in [4.78, 5) is 15.6. The van der Waals surface area contributed by atoms with E-state index in [2.05, 4.69) is 22.3 Å². The number of hydrogen-bond acceptors (Lipinski definition) is 4. The number of benzene rings is 2. The Balaban J connectivity index is 1.33. The van der Waals surface area contributed by atoms with E-state index in [4.69, 9.17) is 0 Å². The Morgan fingerprint density at radius 2 is 1.48 bits per heavy atom. The van der Waals surface area contributed by atoms with Crippen LogP contribution >= 0.6 is 0 Å². The van der Waals surface area contributed by atoms with Crippen molar-refractivity contribution in [3.05, 3.63) is 66.2 Å². The number of hydrogen-bond donors (Lipinski definition) is 1. The third-order valence-corrected chi connectivity index (χ3v) is 8.35. The highest BCUT2D eigenvalue weighted by Gasteiger charge is 2.32. The third-order valence-electron chi connectivity index (χ3n) is 6.44. The fraction of sp³-hybridized carbons (Fsp3) is 0.458. The molecule has 0 bridgehead atoms. The summed E-state index contributed by atoms with van der Waals surface area (Å²) in [5.41, 5.74) is 1.23. The number of piperidine rings is 1. The first-order valence-electron chi connectivity index (χ1n) is 11.2. The molecule has 1 N–H and O–H groups in total. The van der Waals surface area contributed by atoms with Crippen LogP contribution in [0.4, 0.5) is 0 Å². The molecular weight excluding hydrogens is 410 g/mol. The van der Waals surface area contributed by atoms with Crippen LogP contribution < -0.4 is 5.32 Å². The van der Waals surface area contributed by atoms with Crippen LogP contribution in [0.1, 0.15) is 37.3 Å². The Morgan fingerprint density at radius 3 is 2.10 bits per heavy atom. The average Bonchev–Trinajstić information content (AvgIpc) is 3.35. The molecule has 0 saturated carbocycles. The zero-order valence-electron chi connectivity index (χ0n) is 17.8. The quantitative estimate of drug-likeness (QED) is 0.717. The Bertz CT molecular complexity index is 952. The number of amides is 1. The molecule has 6 nitrogen and oxygen atoms in total. The summed E-state index contributed by atoms with van der Waals surface area (Å²) >= 11 is 0. The zero-order chi connectivity index (χ0) is 21.7. The highest BCUT2D eigenvalue weighted by Crippen LogP contribution is 2.26. The van der Waals surface area contributed by atoms with Crippen molar-refractivity contribution in [3.8, 4) is 0 Å². The summed E-state index contributed by atoms with van der Waals surface area (Å²) in [5.74, 6) is -0.103. The molecule has 2 heterocycles. The van der Waals surface area contributed by atoms with Gasteiger partial charge < -0.3 is 5.32 Å². The molecule has 2 aliphatic rings. The van der Waals surface area contributed by atoms with Gasteiger partial charge in [-0.25, -0.2) is 8.42 Å². The van der Waals surface area contributed by atoms with E-state index in [-0.39, 0.29) is 17.9 Å². The minimum Gasteiger partial charge on any atom is -0.354 e. The first-order valence-corrected chi connectivity index (χ1v) is 12.6. The fourth-order valence-electron chi connectivity index (χ4n) is 4.63. The van der Waals surface area contributed by atoms with Gasteiger partial charge in [0, 0.05) is 25.6 Å². The van der Waals surface area contributed by atoms with Crippen molar-refractivity contribution in [2.24, 2.45) is 5.92 Å². The summed E-state index contributed by atoms with van der Waals surface area (Å²) in [6.07, 6.45) is 3.51. The van der Waals surface area contributed by atoms with Crippen LogP contribution in [0.2, 0.25) is 0 Å². The summed E-state index contributed by atoms with van der Waals surface area (Å²) < 4.78 is 27.1. The molecule has 0 spiro atoms. The van der Waals surface area contributed by atoms with E-state index in [1.807, 2.05) is 18.2 Å². The van der Waals surface area contributed by atoms with Crippen molar-refractivity contribution in [2.75, 3.05) is 32.7 Å². The normalized spacial score (nSPS) is 19.9. The SMILES string of the molecule is O=C(NCC(c1ccccc1)N1CCCC1)C1CCN(S(=O)(=O)c2ccccc2)CC1. The van der Waals surface area contributed by atoms with Gasteiger partial charge in [-0.15, -0.1) is 0 Å². The van der Waals surface area contributed by atoms with Crippen molar-refractivity contribution in [1.82, 2.24) is 14.5 Å². The number of likely N-dealkylation sites (tertiary alicyclic amines) is 1. The van der Waals surface area contributed by atoms with Crippen LogP contribution in [0.15, 0.2) is 65.6 Å². The summed E-state index contributed by atoms with van der Waals surface area (Å²) in [7, 11) is -3.49. The van der Waals surface area contributed by atoms with Gasteiger partial charge in [-0.3, -0.25) is 9.69 Å². The third kappa shape index (κ3) is 5.17. The van der Waals surface area contributed by atoms with Crippen molar-refractivity contribution < 1.29 is 13.2 Å². The maximum atomic E-state index is 12.9. The molecule has 2 aromatic carbocycles. The van der Waals surface area contributed by atoms with Gasteiger partial charge >= 0.3 is 0 Å². The molecule has 4 rings (SSSR count). The van der Waals surface area contributed by atoms with Gasteiger partial charge in [-0.2, -0.15) is 4.31 Å². The molecule has 2 fully saturated rings. The van der Waals surface area contributed by atoms with E-state index in [1.165, 1.54) is 22.7 Å². The number of nitrogens with zero attached hydrogens (tertiary/aromatic N) is 2. The first kappa shape index (κ1) is 22.0. The van der Waals surface area contributed by atoms with Crippen LogP contribution in [-0.2, 0) is 14.8 Å². The molecule has 0 aliphatic carbocycles. The van der Waals surface area contributed by atoms with Gasteiger partial charge in [0.2, 0.25) is 15.9 Å². The van der Waals surface area contributed by atoms with Crippen LogP contribution in [0, 0.1) is 5.92 Å². The number of rotatable bonds is 7. The van der Waals surface area contributed by atoms with E-state index in [0.717, 1.165) is 13.1 Å². The number of carbonyl (C=O) groups is 1. The zero-order valence-corrected chi connectivity index (χ0v) is 18.6. The van der Waals surface area contributed by atoms with E-state index in [9.17, 15) is 13.2 Å². The van der Waals surface area contributed by atoms with E-state index >= 15 is 0 Å². The van der Waals surface area contributed by atoms with Gasteiger partial charge in [0.25, 0.3) is 0 Å². The van der Waals surface area contributed by atoms with Crippen LogP contribution in [0.3, 0.4) is 0 Å². The lowest BCUT2D eigenvalue weighted by Crippen LogP contribution is -2.44. The van der Waals surface area contributed by atoms with Crippen molar-refractivity contribution in [1.29, 1.82) is 0 Å². The monoisotopic (exact) mass is 441 g/mol. The highest BCUT2D eigenvalue weighted by molar-refractivity contribution is 7.89. The number of nitrogens with one attached hydrogen (secondary N) is 1. The van der Waals surface area contributed by atoms with Crippen LogP contribution in [-0.4, -0.2) is 56.3 Å². The lowest BCUT2D eigenvalue weighted by Gasteiger charge is -2.32. The predicted molar refractivity (Wildman–Crippen MR) is 121 cm³/mol. The molecule has 0 radical (unpaired) electrons. The molecule has 166 valence electrons. The lowest BCUT2D eigenvalue weighted by molar-refractivity contribution is -0.126. The summed E-state index contributed by atoms with van der Waals surface area (Å²) in [5, 5.41) is 3.16. The molecule has 2 saturated heterocycles. The fourth-order valence-corrected chi connectivity index (χ4v) is 6.12. The molecule has 2 aromatic rings. The minimum absolute atomic E-state index is 0.0388. The Morgan fingerprint density at radius 1 is 0.903 bits per heavy atom. The predicted octanol–water partition coefficient (Wildman–Crippen LogP) is 3.04. The Hall–Kier alpha value is -2.22. The summed E-state index contributed by atoms with van der Waals surface area (Å²) in [6, 6.07) is 19.1. The molecular formula is C24H31N3O3S. The van der Waals surface area contributed by atoms with Crippen molar-refractivity contribution >= 4 is 15.9 Å². The lowest BCUT2D eigenvalue weighted by atomic mass is 9.97. The molecule has 2 aliphatic heterocycles. The molecule has 1 amide bonds. The second-order valence-electron chi connectivity index (χ2n) is 8.41. The van der Waals surface area contributed by atoms with E-state index in [1.54, 1.807) is 30.3 Å². The van der Waals surface area contributed by atoms with Crippen LogP contribution in [0.25, 0.3) is 0 Å². The van der Waals surface area contributed by atoms with Gasteiger partial charge in [0.05, 0.1) is 10.9 Å². The standard InChI is InChI=1S/C24H31N3O3S/c28-24(25-19-23(26-15-7-8-16-26)20-9-3-1-4-10-20)21-13-17-27(18-14-21)31(29,30)22-11-5-2-6-12-22/h1-6,9-12,21,23H,7-8,13-19H2,(H,25,28). The molecule has 0 aromatic heterocycles. The Kier molecular flexibility index (Phi) is 7.05. The summed E-state index contributed by atoms with van der Waals surface area (Å²) in [6.45, 7) is 3.47. The Labute approximate surface area is 185 Å². The minimum atomic E-state index is -3.49. The van der Waals surface area contributed by atoms with Gasteiger partial charge in [-0.1, -0.05) is 48.5 Å². The highest BCUT2D eigenvalue weighted by atomic mass is 32.2. The topological polar surface area (TPSA) is 69.7 Å². The number of carbonyl (C=O) groups excluding carboxylic acids is 1. The van der Waals surface area contributed by atoms with Crippen LogP contribution in [0.5, 0.6) is 0 Å². The average molecular weight is 442 g/mol. The van der Waals surface area contributed by atoms with Gasteiger partial charge in [0.1, 0.15) is 0 Å². The maximum absolute atomic E-state index is 12.9. The van der Waals surface area contributed by atoms with Crippen molar-refractivity contribution in [3.63, 3.8) is 0 Å². The molecule has 1 atom stereocenters. The molecule has 7 heteroatoms.